The molecule has 1 heteroatoms. The number of hydrogen-bond donors (Lipinski definition) is 1. The zero-order valence-corrected chi connectivity index (χ0v) is 11.1. The Balaban J connectivity index is 2.70. The summed E-state index contributed by atoms with van der Waals surface area (Å²) in [6.07, 6.45) is 5.19. The van der Waals surface area contributed by atoms with E-state index in [0.29, 0.717) is 6.04 Å². The maximum atomic E-state index is 3.44. The molecule has 0 aliphatic rings. The van der Waals surface area contributed by atoms with Crippen LogP contribution in [0, 0.1) is 13.8 Å². The Morgan fingerprint density at radius 2 is 1.94 bits per heavy atom. The van der Waals surface area contributed by atoms with Crippen LogP contribution in [0.1, 0.15) is 55.3 Å². The van der Waals surface area contributed by atoms with Crippen LogP contribution in [0.15, 0.2) is 18.2 Å². The van der Waals surface area contributed by atoms with E-state index >= 15 is 0 Å². The molecule has 0 fully saturated rings. The average molecular weight is 219 g/mol. The van der Waals surface area contributed by atoms with E-state index in [1.54, 1.807) is 0 Å². The first-order valence-corrected chi connectivity index (χ1v) is 6.43. The van der Waals surface area contributed by atoms with Crippen molar-refractivity contribution in [2.45, 2.75) is 52.5 Å². The molecule has 1 unspecified atom stereocenters. The second kappa shape index (κ2) is 6.70. The van der Waals surface area contributed by atoms with E-state index in [4.69, 9.17) is 0 Å². The highest BCUT2D eigenvalue weighted by molar-refractivity contribution is 5.32. The van der Waals surface area contributed by atoms with Gasteiger partial charge in [-0.3, -0.25) is 0 Å². The van der Waals surface area contributed by atoms with Gasteiger partial charge in [0, 0.05) is 6.04 Å². The van der Waals surface area contributed by atoms with Gasteiger partial charge in [0.25, 0.3) is 0 Å². The standard InChI is InChI=1S/C15H25N/c1-5-6-7-8-15(16-4)14-10-9-12(2)11-13(14)3/h9-11,15-16H,5-8H2,1-4H3. The van der Waals surface area contributed by atoms with Crippen LogP contribution in [0.2, 0.25) is 0 Å². The van der Waals surface area contributed by atoms with Gasteiger partial charge in [-0.2, -0.15) is 0 Å². The van der Waals surface area contributed by atoms with Crippen molar-refractivity contribution in [3.63, 3.8) is 0 Å². The molecular weight excluding hydrogens is 194 g/mol. The minimum absolute atomic E-state index is 0.521. The van der Waals surface area contributed by atoms with Gasteiger partial charge in [0.1, 0.15) is 0 Å². The second-order valence-corrected chi connectivity index (χ2v) is 4.70. The van der Waals surface area contributed by atoms with Gasteiger partial charge in [0.05, 0.1) is 0 Å². The molecule has 1 aromatic rings. The van der Waals surface area contributed by atoms with E-state index in [0.717, 1.165) is 0 Å². The van der Waals surface area contributed by atoms with E-state index in [1.807, 2.05) is 0 Å². The molecular formula is C15H25N. The molecule has 1 atom stereocenters. The van der Waals surface area contributed by atoms with E-state index in [-0.39, 0.29) is 0 Å². The lowest BCUT2D eigenvalue weighted by Crippen LogP contribution is -2.17. The number of hydrogen-bond acceptors (Lipinski definition) is 1. The van der Waals surface area contributed by atoms with Crippen LogP contribution < -0.4 is 5.32 Å². The zero-order valence-electron chi connectivity index (χ0n) is 11.1. The molecule has 1 nitrogen and oxygen atoms in total. The Hall–Kier alpha value is -0.820. The maximum absolute atomic E-state index is 3.44. The van der Waals surface area contributed by atoms with Gasteiger partial charge in [-0.1, -0.05) is 49.9 Å². The minimum atomic E-state index is 0.521. The number of unbranched alkanes of at least 4 members (excludes halogenated alkanes) is 2. The van der Waals surface area contributed by atoms with Gasteiger partial charge in [-0.05, 0) is 38.4 Å². The first-order chi connectivity index (χ1) is 7.69. The Labute approximate surface area is 100 Å². The fourth-order valence-electron chi connectivity index (χ4n) is 2.27. The third-order valence-corrected chi connectivity index (χ3v) is 3.25. The smallest absolute Gasteiger partial charge is 0.0320 e. The highest BCUT2D eigenvalue weighted by Crippen LogP contribution is 2.23. The summed E-state index contributed by atoms with van der Waals surface area (Å²) in [5, 5.41) is 3.44. The van der Waals surface area contributed by atoms with E-state index in [2.05, 4.69) is 51.3 Å². The van der Waals surface area contributed by atoms with E-state index < -0.39 is 0 Å². The predicted octanol–water partition coefficient (Wildman–Crippen LogP) is 4.14. The summed E-state index contributed by atoms with van der Waals surface area (Å²) in [6.45, 7) is 6.63. The molecule has 90 valence electrons. The van der Waals surface area contributed by atoms with Crippen molar-refractivity contribution in [1.29, 1.82) is 0 Å². The fraction of sp³-hybridized carbons (Fsp3) is 0.600. The van der Waals surface area contributed by atoms with Crippen molar-refractivity contribution in [1.82, 2.24) is 5.32 Å². The monoisotopic (exact) mass is 219 g/mol. The quantitative estimate of drug-likeness (QED) is 0.709. The molecule has 0 heterocycles. The van der Waals surface area contributed by atoms with Crippen molar-refractivity contribution in [3.05, 3.63) is 34.9 Å². The summed E-state index contributed by atoms with van der Waals surface area (Å²) in [5.41, 5.74) is 4.23. The SMILES string of the molecule is CCCCCC(NC)c1ccc(C)cc1C. The topological polar surface area (TPSA) is 12.0 Å². The van der Waals surface area contributed by atoms with E-state index in [1.165, 1.54) is 42.4 Å². The predicted molar refractivity (Wildman–Crippen MR) is 71.9 cm³/mol. The fourth-order valence-corrected chi connectivity index (χ4v) is 2.27. The van der Waals surface area contributed by atoms with Gasteiger partial charge >= 0.3 is 0 Å². The lowest BCUT2D eigenvalue weighted by molar-refractivity contribution is 0.510. The lowest BCUT2D eigenvalue weighted by atomic mass is 9.95. The molecule has 0 saturated heterocycles. The van der Waals surface area contributed by atoms with Gasteiger partial charge in [0.15, 0.2) is 0 Å². The van der Waals surface area contributed by atoms with Crippen LogP contribution in [0.3, 0.4) is 0 Å². The first kappa shape index (κ1) is 13.2. The molecule has 0 saturated carbocycles. The summed E-state index contributed by atoms with van der Waals surface area (Å²) in [5.74, 6) is 0. The maximum Gasteiger partial charge on any atom is 0.0320 e. The van der Waals surface area contributed by atoms with Gasteiger partial charge in [0.2, 0.25) is 0 Å². The molecule has 1 N–H and O–H groups in total. The van der Waals surface area contributed by atoms with E-state index in [9.17, 15) is 0 Å². The highest BCUT2D eigenvalue weighted by Gasteiger charge is 2.10. The summed E-state index contributed by atoms with van der Waals surface area (Å²) in [6, 6.07) is 7.29. The largest absolute Gasteiger partial charge is 0.313 e. The van der Waals surface area contributed by atoms with Gasteiger partial charge in [-0.25, -0.2) is 0 Å². The highest BCUT2D eigenvalue weighted by atomic mass is 14.9. The summed E-state index contributed by atoms with van der Waals surface area (Å²) in [7, 11) is 2.07. The minimum Gasteiger partial charge on any atom is -0.313 e. The number of nitrogens with one attached hydrogen (secondary N) is 1. The van der Waals surface area contributed by atoms with Crippen molar-refractivity contribution in [3.8, 4) is 0 Å². The number of aryl methyl sites for hydroxylation is 2. The van der Waals surface area contributed by atoms with Gasteiger partial charge < -0.3 is 5.32 Å². The Morgan fingerprint density at radius 1 is 1.19 bits per heavy atom. The van der Waals surface area contributed by atoms with Crippen LogP contribution in [0.25, 0.3) is 0 Å². The lowest BCUT2D eigenvalue weighted by Gasteiger charge is -2.19. The average Bonchev–Trinajstić information content (AvgIpc) is 2.26. The third-order valence-electron chi connectivity index (χ3n) is 3.25. The molecule has 16 heavy (non-hydrogen) atoms. The van der Waals surface area contributed by atoms with Crippen molar-refractivity contribution >= 4 is 0 Å². The molecule has 0 aliphatic heterocycles. The molecule has 0 aromatic heterocycles. The molecule has 0 spiro atoms. The first-order valence-electron chi connectivity index (χ1n) is 6.43. The van der Waals surface area contributed by atoms with Crippen molar-refractivity contribution in [2.75, 3.05) is 7.05 Å². The molecule has 0 amide bonds. The van der Waals surface area contributed by atoms with Crippen LogP contribution >= 0.6 is 0 Å². The molecule has 1 rings (SSSR count). The zero-order chi connectivity index (χ0) is 12.0. The Morgan fingerprint density at radius 3 is 2.50 bits per heavy atom. The normalized spacial score (nSPS) is 12.8. The van der Waals surface area contributed by atoms with Gasteiger partial charge in [-0.15, -0.1) is 0 Å². The summed E-state index contributed by atoms with van der Waals surface area (Å²) >= 11 is 0. The van der Waals surface area contributed by atoms with Crippen molar-refractivity contribution < 1.29 is 0 Å². The Kier molecular flexibility index (Phi) is 5.54. The summed E-state index contributed by atoms with van der Waals surface area (Å²) < 4.78 is 0. The van der Waals surface area contributed by atoms with Crippen LogP contribution in [0.4, 0.5) is 0 Å². The Bertz CT molecular complexity index is 317. The van der Waals surface area contributed by atoms with Crippen LogP contribution in [-0.2, 0) is 0 Å². The summed E-state index contributed by atoms with van der Waals surface area (Å²) in [4.78, 5) is 0. The number of rotatable bonds is 6. The number of benzene rings is 1. The third kappa shape index (κ3) is 3.64. The molecule has 0 radical (unpaired) electrons. The second-order valence-electron chi connectivity index (χ2n) is 4.70. The van der Waals surface area contributed by atoms with Crippen LogP contribution in [0.5, 0.6) is 0 Å². The van der Waals surface area contributed by atoms with Crippen LogP contribution in [-0.4, -0.2) is 7.05 Å². The molecule has 0 bridgehead atoms. The van der Waals surface area contributed by atoms with Crippen molar-refractivity contribution in [2.24, 2.45) is 0 Å². The molecule has 0 aliphatic carbocycles. The molecule has 1 aromatic carbocycles.